The van der Waals surface area contributed by atoms with Crippen LogP contribution in [0, 0.1) is 5.82 Å². The summed E-state index contributed by atoms with van der Waals surface area (Å²) in [6, 6.07) is 6.60. The van der Waals surface area contributed by atoms with Gasteiger partial charge in [0.05, 0.1) is 6.61 Å². The van der Waals surface area contributed by atoms with Crippen molar-refractivity contribution in [2.75, 3.05) is 46.4 Å². The second-order valence-corrected chi connectivity index (χ2v) is 5.34. The van der Waals surface area contributed by atoms with Gasteiger partial charge in [-0.3, -0.25) is 4.90 Å². The van der Waals surface area contributed by atoms with Gasteiger partial charge < -0.3 is 15.4 Å². The highest BCUT2D eigenvalue weighted by Crippen LogP contribution is 2.12. The van der Waals surface area contributed by atoms with Gasteiger partial charge in [0, 0.05) is 38.8 Å². The topological polar surface area (TPSA) is 41.7 Å². The number of hydrogen-bond acceptors (Lipinski definition) is 4. The Balaban J connectivity index is 1.68. The summed E-state index contributed by atoms with van der Waals surface area (Å²) in [4.78, 5) is 4.76. The molecule has 1 atom stereocenters. The van der Waals surface area contributed by atoms with E-state index in [1.165, 1.54) is 12.1 Å². The summed E-state index contributed by atoms with van der Waals surface area (Å²) in [5, 5.41) is 0. The molecule has 1 fully saturated rings. The summed E-state index contributed by atoms with van der Waals surface area (Å²) >= 11 is 0. The fourth-order valence-corrected chi connectivity index (χ4v) is 2.55. The van der Waals surface area contributed by atoms with E-state index < -0.39 is 0 Å². The van der Waals surface area contributed by atoms with Crippen molar-refractivity contribution in [1.29, 1.82) is 0 Å². The Morgan fingerprint density at radius 1 is 1.30 bits per heavy atom. The highest BCUT2D eigenvalue weighted by Gasteiger charge is 2.23. The van der Waals surface area contributed by atoms with E-state index in [1.54, 1.807) is 12.1 Å². The van der Waals surface area contributed by atoms with Crippen molar-refractivity contribution in [3.8, 4) is 5.75 Å². The molecule has 0 saturated carbocycles. The van der Waals surface area contributed by atoms with Crippen LogP contribution in [0.4, 0.5) is 4.39 Å². The average molecular weight is 281 g/mol. The van der Waals surface area contributed by atoms with Gasteiger partial charge in [-0.25, -0.2) is 4.39 Å². The number of ether oxygens (including phenoxy) is 1. The maximum atomic E-state index is 12.8. The van der Waals surface area contributed by atoms with Crippen LogP contribution in [0.15, 0.2) is 24.3 Å². The van der Waals surface area contributed by atoms with Gasteiger partial charge in [0.1, 0.15) is 11.6 Å². The molecule has 2 N–H and O–H groups in total. The first-order chi connectivity index (χ1) is 9.69. The van der Waals surface area contributed by atoms with Gasteiger partial charge in [0.15, 0.2) is 0 Å². The summed E-state index contributed by atoms with van der Waals surface area (Å²) in [5.74, 6) is 0.487. The number of rotatable bonds is 6. The Hall–Kier alpha value is -1.17. The summed E-state index contributed by atoms with van der Waals surface area (Å²) in [5.41, 5.74) is 5.83. The van der Waals surface area contributed by atoms with Crippen LogP contribution in [0.25, 0.3) is 0 Å². The Kier molecular flexibility index (Phi) is 5.76. The lowest BCUT2D eigenvalue weighted by Crippen LogP contribution is -2.55. The Morgan fingerprint density at radius 3 is 2.75 bits per heavy atom. The van der Waals surface area contributed by atoms with Crippen LogP contribution in [0.1, 0.15) is 6.42 Å². The third kappa shape index (κ3) is 4.44. The lowest BCUT2D eigenvalue weighted by molar-refractivity contribution is 0.0890. The third-order valence-electron chi connectivity index (χ3n) is 3.75. The number of likely N-dealkylation sites (N-methyl/N-ethyl adjacent to an activating group) is 1. The van der Waals surface area contributed by atoms with Gasteiger partial charge in [-0.1, -0.05) is 0 Å². The molecule has 1 aliphatic rings. The molecule has 1 aromatic rings. The largest absolute Gasteiger partial charge is 0.494 e. The van der Waals surface area contributed by atoms with Crippen LogP contribution < -0.4 is 10.5 Å². The monoisotopic (exact) mass is 281 g/mol. The molecule has 1 aliphatic heterocycles. The first kappa shape index (κ1) is 15.2. The summed E-state index contributed by atoms with van der Waals surface area (Å²) in [6.07, 6.45) is 0.956. The zero-order valence-electron chi connectivity index (χ0n) is 12.1. The summed E-state index contributed by atoms with van der Waals surface area (Å²) in [7, 11) is 2.14. The Morgan fingerprint density at radius 2 is 2.05 bits per heavy atom. The number of piperazine rings is 1. The van der Waals surface area contributed by atoms with Gasteiger partial charge in [-0.15, -0.1) is 0 Å². The van der Waals surface area contributed by atoms with E-state index in [2.05, 4.69) is 16.8 Å². The lowest BCUT2D eigenvalue weighted by atomic mass is 10.1. The predicted molar refractivity (Wildman–Crippen MR) is 78.4 cm³/mol. The Bertz CT molecular complexity index is 399. The summed E-state index contributed by atoms with van der Waals surface area (Å²) in [6.45, 7) is 5.54. The van der Waals surface area contributed by atoms with E-state index in [0.717, 1.165) is 38.3 Å². The van der Waals surface area contributed by atoms with Crippen molar-refractivity contribution in [2.45, 2.75) is 12.5 Å². The highest BCUT2D eigenvalue weighted by atomic mass is 19.1. The first-order valence-corrected chi connectivity index (χ1v) is 7.20. The fraction of sp³-hybridized carbons (Fsp3) is 0.600. The maximum absolute atomic E-state index is 12.8. The third-order valence-corrected chi connectivity index (χ3v) is 3.75. The van der Waals surface area contributed by atoms with Gasteiger partial charge >= 0.3 is 0 Å². The second-order valence-electron chi connectivity index (χ2n) is 5.34. The van der Waals surface area contributed by atoms with Crippen LogP contribution in [-0.4, -0.2) is 62.2 Å². The van der Waals surface area contributed by atoms with E-state index in [0.29, 0.717) is 19.2 Å². The molecule has 0 spiro atoms. The van der Waals surface area contributed by atoms with Gasteiger partial charge in [-0.2, -0.15) is 0 Å². The molecule has 0 radical (unpaired) electrons. The van der Waals surface area contributed by atoms with E-state index in [9.17, 15) is 4.39 Å². The average Bonchev–Trinajstić information content (AvgIpc) is 2.46. The number of nitrogens with two attached hydrogens (primary N) is 1. The van der Waals surface area contributed by atoms with E-state index in [-0.39, 0.29) is 5.82 Å². The molecule has 1 heterocycles. The SMILES string of the molecule is CN1CCN(CCCOc2ccc(F)cc2)C(CN)C1. The fourth-order valence-electron chi connectivity index (χ4n) is 2.55. The lowest BCUT2D eigenvalue weighted by Gasteiger charge is -2.39. The van der Waals surface area contributed by atoms with E-state index in [1.807, 2.05) is 0 Å². The number of hydrogen-bond donors (Lipinski definition) is 1. The molecule has 0 amide bonds. The quantitative estimate of drug-likeness (QED) is 0.795. The molecule has 2 rings (SSSR count). The van der Waals surface area contributed by atoms with Crippen LogP contribution in [-0.2, 0) is 0 Å². The minimum atomic E-state index is -0.236. The molecule has 112 valence electrons. The van der Waals surface area contributed by atoms with Crippen LogP contribution in [0.5, 0.6) is 5.75 Å². The zero-order chi connectivity index (χ0) is 14.4. The number of benzene rings is 1. The van der Waals surface area contributed by atoms with Crippen LogP contribution >= 0.6 is 0 Å². The normalized spacial score (nSPS) is 21.1. The van der Waals surface area contributed by atoms with Crippen LogP contribution in [0.2, 0.25) is 0 Å². The molecule has 0 bridgehead atoms. The summed E-state index contributed by atoms with van der Waals surface area (Å²) < 4.78 is 18.4. The molecule has 0 aliphatic carbocycles. The molecule has 1 unspecified atom stereocenters. The minimum Gasteiger partial charge on any atom is -0.494 e. The van der Waals surface area contributed by atoms with Crippen molar-refractivity contribution in [3.05, 3.63) is 30.1 Å². The number of halogens is 1. The maximum Gasteiger partial charge on any atom is 0.123 e. The second kappa shape index (κ2) is 7.57. The molecule has 0 aromatic heterocycles. The molecular weight excluding hydrogens is 257 g/mol. The minimum absolute atomic E-state index is 0.236. The van der Waals surface area contributed by atoms with Crippen molar-refractivity contribution in [2.24, 2.45) is 5.73 Å². The molecule has 1 aromatic carbocycles. The van der Waals surface area contributed by atoms with Crippen molar-refractivity contribution < 1.29 is 9.13 Å². The molecular formula is C15H24FN3O. The standard InChI is InChI=1S/C15H24FN3O/c1-18-8-9-19(14(11-17)12-18)7-2-10-20-15-5-3-13(16)4-6-15/h3-6,14H,2,7-12,17H2,1H3. The smallest absolute Gasteiger partial charge is 0.123 e. The predicted octanol–water partition coefficient (Wildman–Crippen LogP) is 1.17. The zero-order valence-corrected chi connectivity index (χ0v) is 12.1. The highest BCUT2D eigenvalue weighted by molar-refractivity contribution is 5.21. The van der Waals surface area contributed by atoms with E-state index in [4.69, 9.17) is 10.5 Å². The van der Waals surface area contributed by atoms with Crippen molar-refractivity contribution in [3.63, 3.8) is 0 Å². The van der Waals surface area contributed by atoms with Gasteiger partial charge in [0.25, 0.3) is 0 Å². The van der Waals surface area contributed by atoms with Crippen molar-refractivity contribution >= 4 is 0 Å². The number of nitrogens with zero attached hydrogens (tertiary/aromatic N) is 2. The van der Waals surface area contributed by atoms with E-state index >= 15 is 0 Å². The van der Waals surface area contributed by atoms with Gasteiger partial charge in [-0.05, 0) is 37.7 Å². The van der Waals surface area contributed by atoms with Gasteiger partial charge in [0.2, 0.25) is 0 Å². The Labute approximate surface area is 120 Å². The van der Waals surface area contributed by atoms with Crippen LogP contribution in [0.3, 0.4) is 0 Å². The first-order valence-electron chi connectivity index (χ1n) is 7.20. The van der Waals surface area contributed by atoms with Crippen molar-refractivity contribution in [1.82, 2.24) is 9.80 Å². The molecule has 20 heavy (non-hydrogen) atoms. The molecule has 5 heteroatoms. The molecule has 4 nitrogen and oxygen atoms in total. The molecule has 1 saturated heterocycles.